The molecule has 0 saturated carbocycles. The number of hydrogen-bond donors (Lipinski definition) is 0. The molecule has 1 fully saturated rings. The molecule has 6 heteroatoms. The first-order valence-corrected chi connectivity index (χ1v) is 9.80. The van der Waals surface area contributed by atoms with E-state index in [-0.39, 0.29) is 17.6 Å². The lowest BCUT2D eigenvalue weighted by Crippen LogP contribution is -2.49. The predicted molar refractivity (Wildman–Crippen MR) is 107 cm³/mol. The number of para-hydroxylation sites is 1. The third-order valence-electron chi connectivity index (χ3n) is 5.59. The van der Waals surface area contributed by atoms with Crippen LogP contribution in [0, 0.1) is 5.82 Å². The van der Waals surface area contributed by atoms with Gasteiger partial charge in [0.25, 0.3) is 5.91 Å². The molecule has 0 spiro atoms. The molecule has 2 aliphatic rings. The van der Waals surface area contributed by atoms with Crippen LogP contribution in [-0.2, 0) is 11.2 Å². The van der Waals surface area contributed by atoms with E-state index < -0.39 is 0 Å². The fourth-order valence-electron chi connectivity index (χ4n) is 4.03. The number of carbonyl (C=O) groups is 2. The Balaban J connectivity index is 1.44. The Morgan fingerprint density at radius 3 is 2.43 bits per heavy atom. The van der Waals surface area contributed by atoms with Gasteiger partial charge in [-0.1, -0.05) is 19.1 Å². The molecule has 0 aliphatic carbocycles. The summed E-state index contributed by atoms with van der Waals surface area (Å²) in [7, 11) is 0. The first kappa shape index (κ1) is 18.5. The van der Waals surface area contributed by atoms with Crippen molar-refractivity contribution in [2.75, 3.05) is 42.5 Å². The van der Waals surface area contributed by atoms with Crippen LogP contribution in [0.3, 0.4) is 0 Å². The summed E-state index contributed by atoms with van der Waals surface area (Å²) in [6.07, 6.45) is 1.26. The zero-order chi connectivity index (χ0) is 19.7. The van der Waals surface area contributed by atoms with Crippen molar-refractivity contribution in [3.8, 4) is 0 Å². The van der Waals surface area contributed by atoms with E-state index in [1.54, 1.807) is 17.0 Å². The smallest absolute Gasteiger partial charge is 0.253 e. The highest BCUT2D eigenvalue weighted by atomic mass is 19.1. The Labute approximate surface area is 164 Å². The van der Waals surface area contributed by atoms with Crippen molar-refractivity contribution in [1.82, 2.24) is 4.90 Å². The average molecular weight is 381 g/mol. The Morgan fingerprint density at radius 2 is 1.71 bits per heavy atom. The summed E-state index contributed by atoms with van der Waals surface area (Å²) < 4.78 is 14.0. The van der Waals surface area contributed by atoms with Gasteiger partial charge in [0.1, 0.15) is 5.82 Å². The average Bonchev–Trinajstić information content (AvgIpc) is 3.16. The van der Waals surface area contributed by atoms with Crippen molar-refractivity contribution < 1.29 is 14.0 Å². The lowest BCUT2D eigenvalue weighted by molar-refractivity contribution is -0.118. The van der Waals surface area contributed by atoms with Gasteiger partial charge in [0.05, 0.1) is 5.69 Å². The van der Waals surface area contributed by atoms with Gasteiger partial charge in [0, 0.05) is 50.4 Å². The van der Waals surface area contributed by atoms with Crippen molar-refractivity contribution in [2.45, 2.75) is 19.8 Å². The minimum Gasteiger partial charge on any atom is -0.366 e. The second kappa shape index (κ2) is 7.62. The SMILES string of the molecule is CCC(=O)N1CCc2cc(C(=O)N3CCN(c4ccccc4F)CC3)ccc21. The molecule has 146 valence electrons. The summed E-state index contributed by atoms with van der Waals surface area (Å²) in [5, 5.41) is 0. The molecule has 2 heterocycles. The van der Waals surface area contributed by atoms with Gasteiger partial charge >= 0.3 is 0 Å². The summed E-state index contributed by atoms with van der Waals surface area (Å²) >= 11 is 0. The van der Waals surface area contributed by atoms with Gasteiger partial charge in [-0.2, -0.15) is 0 Å². The number of halogens is 1. The maximum atomic E-state index is 14.0. The lowest BCUT2D eigenvalue weighted by atomic mass is 10.1. The third-order valence-corrected chi connectivity index (χ3v) is 5.59. The molecule has 4 rings (SSSR count). The van der Waals surface area contributed by atoms with Crippen molar-refractivity contribution in [3.05, 3.63) is 59.4 Å². The van der Waals surface area contributed by atoms with Crippen LogP contribution in [0.4, 0.5) is 15.8 Å². The molecule has 2 amide bonds. The van der Waals surface area contributed by atoms with Crippen LogP contribution in [0.15, 0.2) is 42.5 Å². The molecule has 2 aromatic rings. The molecule has 2 aromatic carbocycles. The Kier molecular flexibility index (Phi) is 5.03. The minimum atomic E-state index is -0.230. The summed E-state index contributed by atoms with van der Waals surface area (Å²) in [4.78, 5) is 30.6. The van der Waals surface area contributed by atoms with Gasteiger partial charge < -0.3 is 14.7 Å². The van der Waals surface area contributed by atoms with Crippen LogP contribution in [0.2, 0.25) is 0 Å². The van der Waals surface area contributed by atoms with Crippen molar-refractivity contribution >= 4 is 23.2 Å². The Hall–Kier alpha value is -2.89. The molecule has 0 atom stereocenters. The Bertz CT molecular complexity index is 906. The third kappa shape index (κ3) is 3.35. The summed E-state index contributed by atoms with van der Waals surface area (Å²) in [6, 6.07) is 12.4. The van der Waals surface area contributed by atoms with Gasteiger partial charge in [0.2, 0.25) is 5.91 Å². The van der Waals surface area contributed by atoms with Gasteiger partial charge in [-0.25, -0.2) is 4.39 Å². The van der Waals surface area contributed by atoms with Crippen LogP contribution in [-0.4, -0.2) is 49.4 Å². The highest BCUT2D eigenvalue weighted by Crippen LogP contribution is 2.30. The van der Waals surface area contributed by atoms with Crippen molar-refractivity contribution in [3.63, 3.8) is 0 Å². The number of benzene rings is 2. The molecular formula is C22H24FN3O2. The first-order valence-electron chi connectivity index (χ1n) is 9.80. The number of piperazine rings is 1. The molecule has 0 unspecified atom stereocenters. The topological polar surface area (TPSA) is 43.9 Å². The standard InChI is InChI=1S/C22H24FN3O2/c1-2-21(27)26-10-9-16-15-17(7-8-19(16)26)22(28)25-13-11-24(12-14-25)20-6-4-3-5-18(20)23/h3-8,15H,2,9-14H2,1H3. The van der Waals surface area contributed by atoms with E-state index in [9.17, 15) is 14.0 Å². The van der Waals surface area contributed by atoms with E-state index >= 15 is 0 Å². The second-order valence-corrected chi connectivity index (χ2v) is 7.22. The molecule has 0 aromatic heterocycles. The van der Waals surface area contributed by atoms with Gasteiger partial charge in [-0.05, 0) is 42.3 Å². The zero-order valence-electron chi connectivity index (χ0n) is 16.0. The first-order chi connectivity index (χ1) is 13.6. The number of anilines is 2. The van der Waals surface area contributed by atoms with Crippen LogP contribution < -0.4 is 9.80 Å². The largest absolute Gasteiger partial charge is 0.366 e. The Morgan fingerprint density at radius 1 is 0.964 bits per heavy atom. The number of fused-ring (bicyclic) bond motifs is 1. The number of carbonyl (C=O) groups excluding carboxylic acids is 2. The number of hydrogen-bond acceptors (Lipinski definition) is 3. The van der Waals surface area contributed by atoms with Gasteiger partial charge in [0.15, 0.2) is 0 Å². The highest BCUT2D eigenvalue weighted by Gasteiger charge is 2.27. The van der Waals surface area contributed by atoms with Crippen LogP contribution in [0.1, 0.15) is 29.3 Å². The van der Waals surface area contributed by atoms with E-state index in [4.69, 9.17) is 0 Å². The molecule has 0 bridgehead atoms. The monoisotopic (exact) mass is 381 g/mol. The predicted octanol–water partition coefficient (Wildman–Crippen LogP) is 3.09. The summed E-state index contributed by atoms with van der Waals surface area (Å²) in [6.45, 7) is 4.88. The molecule has 1 saturated heterocycles. The van der Waals surface area contributed by atoms with Crippen molar-refractivity contribution in [1.29, 1.82) is 0 Å². The number of nitrogens with zero attached hydrogens (tertiary/aromatic N) is 3. The molecular weight excluding hydrogens is 357 g/mol. The number of amides is 2. The lowest BCUT2D eigenvalue weighted by Gasteiger charge is -2.36. The van der Waals surface area contributed by atoms with Crippen LogP contribution in [0.25, 0.3) is 0 Å². The van der Waals surface area contributed by atoms with Gasteiger partial charge in [-0.3, -0.25) is 9.59 Å². The summed E-state index contributed by atoms with van der Waals surface area (Å²) in [5.41, 5.74) is 3.22. The molecule has 0 N–H and O–H groups in total. The van der Waals surface area contributed by atoms with E-state index in [1.807, 2.05) is 41.0 Å². The maximum Gasteiger partial charge on any atom is 0.253 e. The fourth-order valence-corrected chi connectivity index (χ4v) is 4.03. The van der Waals surface area contributed by atoms with Crippen LogP contribution >= 0.6 is 0 Å². The van der Waals surface area contributed by atoms with Crippen molar-refractivity contribution in [2.24, 2.45) is 0 Å². The molecule has 5 nitrogen and oxygen atoms in total. The quantitative estimate of drug-likeness (QED) is 0.821. The minimum absolute atomic E-state index is 0.00347. The van der Waals surface area contributed by atoms with E-state index in [1.165, 1.54) is 6.07 Å². The second-order valence-electron chi connectivity index (χ2n) is 7.22. The fraction of sp³-hybridized carbons (Fsp3) is 0.364. The molecule has 0 radical (unpaired) electrons. The maximum absolute atomic E-state index is 14.0. The zero-order valence-corrected chi connectivity index (χ0v) is 16.0. The van der Waals surface area contributed by atoms with Gasteiger partial charge in [-0.15, -0.1) is 0 Å². The van der Waals surface area contributed by atoms with Crippen LogP contribution in [0.5, 0.6) is 0 Å². The number of rotatable bonds is 3. The molecule has 2 aliphatic heterocycles. The van der Waals surface area contributed by atoms with E-state index in [0.29, 0.717) is 50.4 Å². The highest BCUT2D eigenvalue weighted by molar-refractivity contribution is 5.98. The normalized spacial score (nSPS) is 16.3. The van der Waals surface area contributed by atoms with E-state index in [2.05, 4.69) is 0 Å². The van der Waals surface area contributed by atoms with E-state index in [0.717, 1.165) is 17.7 Å². The molecule has 28 heavy (non-hydrogen) atoms. The summed E-state index contributed by atoms with van der Waals surface area (Å²) in [5.74, 6) is -0.120.